The summed E-state index contributed by atoms with van der Waals surface area (Å²) in [5.74, 6) is -0.444. The van der Waals surface area contributed by atoms with Crippen LogP contribution in [0.5, 0.6) is 0 Å². The molecule has 1 rings (SSSR count). The zero-order valence-corrected chi connectivity index (χ0v) is 13.4. The second-order valence-corrected chi connectivity index (χ2v) is 6.24. The molecule has 3 nitrogen and oxygen atoms in total. The number of nitrogens with one attached hydrogen (secondary N) is 1. The van der Waals surface area contributed by atoms with E-state index in [4.69, 9.17) is 0 Å². The number of halogens is 1. The van der Waals surface area contributed by atoms with Crippen molar-refractivity contribution in [3.8, 4) is 0 Å². The van der Waals surface area contributed by atoms with Crippen LogP contribution < -0.4 is 5.32 Å². The molecular weight excluding hydrogens is 275 g/mol. The number of carbonyl (C=O) groups excluding carboxylic acids is 1. The summed E-state index contributed by atoms with van der Waals surface area (Å²) in [6.45, 7) is 4.93. The van der Waals surface area contributed by atoms with Crippen LogP contribution in [0.15, 0.2) is 23.1 Å². The van der Waals surface area contributed by atoms with E-state index in [1.165, 1.54) is 18.2 Å². The van der Waals surface area contributed by atoms with E-state index in [-0.39, 0.29) is 17.5 Å². The fourth-order valence-electron chi connectivity index (χ4n) is 2.14. The lowest BCUT2D eigenvalue weighted by molar-refractivity contribution is 0.0920. The van der Waals surface area contributed by atoms with E-state index in [2.05, 4.69) is 31.8 Å². The Morgan fingerprint density at radius 3 is 2.60 bits per heavy atom. The van der Waals surface area contributed by atoms with Crippen LogP contribution in [0.3, 0.4) is 0 Å². The third kappa shape index (κ3) is 5.51. The maximum Gasteiger partial charge on any atom is 0.254 e. The molecule has 5 heteroatoms. The summed E-state index contributed by atoms with van der Waals surface area (Å²) in [6, 6.07) is 4.25. The number of benzene rings is 1. The minimum atomic E-state index is -0.520. The molecule has 0 aliphatic carbocycles. The van der Waals surface area contributed by atoms with Crippen LogP contribution in [0.1, 0.15) is 30.6 Å². The molecule has 0 spiro atoms. The molecule has 0 radical (unpaired) electrons. The fraction of sp³-hybridized carbons (Fsp3) is 0.533. The zero-order valence-electron chi connectivity index (χ0n) is 12.5. The van der Waals surface area contributed by atoms with Crippen molar-refractivity contribution in [3.05, 3.63) is 29.6 Å². The molecule has 20 heavy (non-hydrogen) atoms. The van der Waals surface area contributed by atoms with E-state index in [9.17, 15) is 9.18 Å². The normalized spacial score (nSPS) is 12.8. The Bertz CT molecular complexity index is 453. The number of thiol groups is 1. The first-order valence-corrected chi connectivity index (χ1v) is 7.18. The second-order valence-electron chi connectivity index (χ2n) is 5.73. The van der Waals surface area contributed by atoms with Crippen molar-refractivity contribution in [2.45, 2.75) is 31.2 Å². The Balaban J connectivity index is 2.81. The highest BCUT2D eigenvalue weighted by molar-refractivity contribution is 7.80. The molecule has 0 heterocycles. The van der Waals surface area contributed by atoms with Gasteiger partial charge in [0.05, 0.1) is 5.56 Å². The van der Waals surface area contributed by atoms with Gasteiger partial charge in [-0.15, -0.1) is 12.6 Å². The summed E-state index contributed by atoms with van der Waals surface area (Å²) in [5, 5.41) is 2.91. The summed E-state index contributed by atoms with van der Waals surface area (Å²) < 4.78 is 13.7. The van der Waals surface area contributed by atoms with Crippen molar-refractivity contribution >= 4 is 18.5 Å². The maximum absolute atomic E-state index is 13.7. The molecule has 0 aliphatic heterocycles. The van der Waals surface area contributed by atoms with Crippen molar-refractivity contribution in [2.75, 3.05) is 20.6 Å². The minimum absolute atomic E-state index is 0.000438. The van der Waals surface area contributed by atoms with E-state index >= 15 is 0 Å². The van der Waals surface area contributed by atoms with Gasteiger partial charge in [0.25, 0.3) is 5.91 Å². The van der Waals surface area contributed by atoms with Crippen LogP contribution >= 0.6 is 12.6 Å². The van der Waals surface area contributed by atoms with Crippen LogP contribution in [0.25, 0.3) is 0 Å². The summed E-state index contributed by atoms with van der Waals surface area (Å²) in [5.41, 5.74) is 0.0463. The van der Waals surface area contributed by atoms with Crippen molar-refractivity contribution in [3.63, 3.8) is 0 Å². The van der Waals surface area contributed by atoms with E-state index < -0.39 is 5.82 Å². The van der Waals surface area contributed by atoms with Gasteiger partial charge in [0.15, 0.2) is 0 Å². The second kappa shape index (κ2) is 7.64. The lowest BCUT2D eigenvalue weighted by atomic mass is 10.0. The fourth-order valence-corrected chi connectivity index (χ4v) is 2.34. The minimum Gasteiger partial charge on any atom is -0.348 e. The third-order valence-corrected chi connectivity index (χ3v) is 3.15. The number of rotatable bonds is 6. The van der Waals surface area contributed by atoms with Crippen molar-refractivity contribution in [2.24, 2.45) is 5.92 Å². The van der Waals surface area contributed by atoms with Gasteiger partial charge < -0.3 is 10.2 Å². The Kier molecular flexibility index (Phi) is 6.49. The Hall–Kier alpha value is -1.07. The first-order valence-electron chi connectivity index (χ1n) is 6.73. The lowest BCUT2D eigenvalue weighted by Crippen LogP contribution is -2.42. The standard InChI is InChI=1S/C15H23FN2OS/c1-10(2)7-11(9-18(3)4)17-15(19)13-8-12(20)5-6-14(13)16/h5-6,8,10-11,20H,7,9H2,1-4H3,(H,17,19). The van der Waals surface area contributed by atoms with E-state index in [1.54, 1.807) is 0 Å². The van der Waals surface area contributed by atoms with E-state index in [0.29, 0.717) is 10.8 Å². The monoisotopic (exact) mass is 298 g/mol. The number of nitrogens with zero attached hydrogens (tertiary/aromatic N) is 1. The largest absolute Gasteiger partial charge is 0.348 e. The molecule has 1 amide bonds. The Morgan fingerprint density at radius 2 is 2.05 bits per heavy atom. The van der Waals surface area contributed by atoms with Gasteiger partial charge in [-0.2, -0.15) is 0 Å². The molecule has 0 fully saturated rings. The first-order chi connectivity index (χ1) is 9.29. The first kappa shape index (κ1) is 17.0. The zero-order chi connectivity index (χ0) is 15.3. The highest BCUT2D eigenvalue weighted by atomic mass is 32.1. The van der Waals surface area contributed by atoms with Crippen molar-refractivity contribution in [1.29, 1.82) is 0 Å². The molecule has 1 aromatic carbocycles. The number of likely N-dealkylation sites (N-methyl/N-ethyl adjacent to an activating group) is 1. The number of hydrogen-bond acceptors (Lipinski definition) is 3. The molecule has 1 N–H and O–H groups in total. The average Bonchev–Trinajstić information content (AvgIpc) is 2.30. The molecule has 0 aromatic heterocycles. The van der Waals surface area contributed by atoms with Crippen LogP contribution in [0.4, 0.5) is 4.39 Å². The van der Waals surface area contributed by atoms with Crippen LogP contribution in [0.2, 0.25) is 0 Å². The van der Waals surface area contributed by atoms with Gasteiger partial charge in [-0.3, -0.25) is 4.79 Å². The molecular formula is C15H23FN2OS. The highest BCUT2D eigenvalue weighted by Crippen LogP contribution is 2.14. The predicted octanol–water partition coefficient (Wildman–Crippen LogP) is 2.82. The predicted molar refractivity (Wildman–Crippen MR) is 82.9 cm³/mol. The van der Waals surface area contributed by atoms with Gasteiger partial charge in [-0.25, -0.2) is 4.39 Å². The van der Waals surface area contributed by atoms with Gasteiger partial charge >= 0.3 is 0 Å². The molecule has 112 valence electrons. The molecule has 0 saturated heterocycles. The maximum atomic E-state index is 13.7. The highest BCUT2D eigenvalue weighted by Gasteiger charge is 2.18. The molecule has 1 unspecified atom stereocenters. The average molecular weight is 298 g/mol. The van der Waals surface area contributed by atoms with E-state index in [0.717, 1.165) is 13.0 Å². The summed E-state index contributed by atoms with van der Waals surface area (Å²) in [7, 11) is 3.91. The smallest absolute Gasteiger partial charge is 0.254 e. The molecule has 0 aliphatic rings. The van der Waals surface area contributed by atoms with Crippen molar-refractivity contribution < 1.29 is 9.18 Å². The summed E-state index contributed by atoms with van der Waals surface area (Å²) in [4.78, 5) is 14.8. The van der Waals surface area contributed by atoms with Gasteiger partial charge in [0.1, 0.15) is 5.82 Å². The summed E-state index contributed by atoms with van der Waals surface area (Å²) in [6.07, 6.45) is 0.853. The molecule has 0 saturated carbocycles. The number of amides is 1. The van der Waals surface area contributed by atoms with Gasteiger partial charge in [0.2, 0.25) is 0 Å². The Morgan fingerprint density at radius 1 is 1.40 bits per heavy atom. The Labute approximate surface area is 126 Å². The molecule has 1 aromatic rings. The molecule has 0 bridgehead atoms. The van der Waals surface area contributed by atoms with Gasteiger partial charge in [-0.05, 0) is 44.6 Å². The lowest BCUT2D eigenvalue weighted by Gasteiger charge is -2.24. The van der Waals surface area contributed by atoms with E-state index in [1.807, 2.05) is 19.0 Å². The van der Waals surface area contributed by atoms with Crippen molar-refractivity contribution in [1.82, 2.24) is 10.2 Å². The molecule has 1 atom stereocenters. The summed E-state index contributed by atoms with van der Waals surface area (Å²) >= 11 is 4.14. The topological polar surface area (TPSA) is 32.3 Å². The number of carbonyl (C=O) groups is 1. The van der Waals surface area contributed by atoms with Gasteiger partial charge in [-0.1, -0.05) is 13.8 Å². The quantitative estimate of drug-likeness (QED) is 0.792. The third-order valence-electron chi connectivity index (χ3n) is 2.87. The van der Waals surface area contributed by atoms with Crippen LogP contribution in [-0.4, -0.2) is 37.5 Å². The SMILES string of the molecule is CC(C)CC(CN(C)C)NC(=O)c1cc(S)ccc1F. The number of hydrogen-bond donors (Lipinski definition) is 2. The van der Waals surface area contributed by atoms with Crippen LogP contribution in [-0.2, 0) is 0 Å². The van der Waals surface area contributed by atoms with Crippen LogP contribution in [0, 0.1) is 11.7 Å². The van der Waals surface area contributed by atoms with Gasteiger partial charge in [0, 0.05) is 17.5 Å².